The zero-order valence-electron chi connectivity index (χ0n) is 12.2. The van der Waals surface area contributed by atoms with Crippen LogP contribution in [0.4, 0.5) is 5.82 Å². The maximum Gasteiger partial charge on any atom is 0.132 e. The highest BCUT2D eigenvalue weighted by molar-refractivity contribution is 5.85. The molecule has 116 valence electrons. The van der Waals surface area contributed by atoms with E-state index in [9.17, 15) is 0 Å². The summed E-state index contributed by atoms with van der Waals surface area (Å²) in [5.41, 5.74) is 7.10. The van der Waals surface area contributed by atoms with Crippen molar-refractivity contribution in [2.75, 3.05) is 25.1 Å². The minimum atomic E-state index is 0. The molecule has 2 heterocycles. The van der Waals surface area contributed by atoms with Crippen LogP contribution in [0.1, 0.15) is 19.5 Å². The molecule has 1 aliphatic rings. The van der Waals surface area contributed by atoms with Crippen LogP contribution in [0.5, 0.6) is 0 Å². The minimum Gasteiger partial charge on any atom is -0.378 e. The highest BCUT2D eigenvalue weighted by Gasteiger charge is 2.32. The van der Waals surface area contributed by atoms with E-state index in [0.29, 0.717) is 18.4 Å². The Kier molecular flexibility index (Phi) is 8.35. The Morgan fingerprint density at radius 3 is 2.60 bits per heavy atom. The van der Waals surface area contributed by atoms with Gasteiger partial charge < -0.3 is 15.4 Å². The summed E-state index contributed by atoms with van der Waals surface area (Å²) in [6, 6.07) is 2.21. The zero-order valence-corrected chi connectivity index (χ0v) is 13.8. The first-order valence-electron chi connectivity index (χ1n) is 6.42. The molecule has 1 aromatic rings. The predicted molar refractivity (Wildman–Crippen MR) is 85.8 cm³/mol. The van der Waals surface area contributed by atoms with Crippen molar-refractivity contribution < 1.29 is 4.74 Å². The van der Waals surface area contributed by atoms with Gasteiger partial charge in [-0.15, -0.1) is 24.8 Å². The van der Waals surface area contributed by atoms with Crippen molar-refractivity contribution in [2.45, 2.75) is 26.5 Å². The maximum atomic E-state index is 6.19. The highest BCUT2D eigenvalue weighted by Crippen LogP contribution is 2.26. The van der Waals surface area contributed by atoms with Gasteiger partial charge in [0, 0.05) is 32.3 Å². The van der Waals surface area contributed by atoms with E-state index in [0.717, 1.165) is 24.6 Å². The Morgan fingerprint density at radius 1 is 1.35 bits per heavy atom. The number of nitrogens with two attached hydrogens (primary N) is 1. The number of aromatic nitrogens is 2. The van der Waals surface area contributed by atoms with Crippen LogP contribution in [0.2, 0.25) is 0 Å². The summed E-state index contributed by atoms with van der Waals surface area (Å²) in [5.74, 6) is 2.09. The average molecular weight is 323 g/mol. The van der Waals surface area contributed by atoms with Crippen LogP contribution in [0, 0.1) is 11.8 Å². The van der Waals surface area contributed by atoms with E-state index < -0.39 is 0 Å². The molecule has 7 heteroatoms. The van der Waals surface area contributed by atoms with Gasteiger partial charge in [0.1, 0.15) is 12.1 Å². The molecule has 0 radical (unpaired) electrons. The fourth-order valence-corrected chi connectivity index (χ4v) is 2.53. The number of rotatable bonds is 4. The lowest BCUT2D eigenvalue weighted by Crippen LogP contribution is -2.32. The fourth-order valence-electron chi connectivity index (χ4n) is 2.53. The Bertz CT molecular complexity index is 406. The van der Waals surface area contributed by atoms with Crippen molar-refractivity contribution in [1.82, 2.24) is 9.97 Å². The summed E-state index contributed by atoms with van der Waals surface area (Å²) in [6.07, 6.45) is 1.60. The molecular weight excluding hydrogens is 299 g/mol. The van der Waals surface area contributed by atoms with E-state index >= 15 is 0 Å². The van der Waals surface area contributed by atoms with E-state index in [4.69, 9.17) is 10.5 Å². The minimum absolute atomic E-state index is 0. The van der Waals surface area contributed by atoms with E-state index in [-0.39, 0.29) is 30.9 Å². The molecule has 20 heavy (non-hydrogen) atoms. The van der Waals surface area contributed by atoms with Crippen molar-refractivity contribution in [2.24, 2.45) is 17.6 Å². The van der Waals surface area contributed by atoms with Crippen molar-refractivity contribution in [1.29, 1.82) is 0 Å². The average Bonchev–Trinajstić information content (AvgIpc) is 2.72. The van der Waals surface area contributed by atoms with Crippen LogP contribution < -0.4 is 10.6 Å². The number of ether oxygens (including phenoxy) is 1. The molecule has 2 N–H and O–H groups in total. The van der Waals surface area contributed by atoms with Crippen molar-refractivity contribution in [3.63, 3.8) is 0 Å². The molecule has 0 unspecified atom stereocenters. The summed E-state index contributed by atoms with van der Waals surface area (Å²) < 4.78 is 5.09. The van der Waals surface area contributed by atoms with Gasteiger partial charge in [0.2, 0.25) is 0 Å². The molecule has 0 amide bonds. The van der Waals surface area contributed by atoms with Gasteiger partial charge >= 0.3 is 0 Å². The topological polar surface area (TPSA) is 64.3 Å². The summed E-state index contributed by atoms with van der Waals surface area (Å²) in [6.45, 7) is 6.81. The molecule has 0 spiro atoms. The SMILES string of the molecule is COCc1cc(N2C[C@H](C(C)C)[C@@H](N)C2)ncn1.Cl.Cl. The second-order valence-corrected chi connectivity index (χ2v) is 5.28. The number of anilines is 1. The molecule has 1 aromatic heterocycles. The number of halogens is 2. The van der Waals surface area contributed by atoms with Gasteiger partial charge in [-0.05, 0) is 11.8 Å². The second-order valence-electron chi connectivity index (χ2n) is 5.28. The number of nitrogens with zero attached hydrogens (tertiary/aromatic N) is 3. The Hall–Kier alpha value is -0.620. The first-order chi connectivity index (χ1) is 8.61. The first-order valence-corrected chi connectivity index (χ1v) is 6.42. The molecule has 0 aromatic carbocycles. The third-order valence-corrected chi connectivity index (χ3v) is 3.59. The van der Waals surface area contributed by atoms with Gasteiger partial charge in [0.25, 0.3) is 0 Å². The smallest absolute Gasteiger partial charge is 0.132 e. The van der Waals surface area contributed by atoms with Crippen LogP contribution in [0.25, 0.3) is 0 Å². The molecule has 0 aliphatic carbocycles. The molecule has 1 aliphatic heterocycles. The van der Waals surface area contributed by atoms with Gasteiger partial charge in [-0.1, -0.05) is 13.8 Å². The highest BCUT2D eigenvalue weighted by atomic mass is 35.5. The van der Waals surface area contributed by atoms with Crippen molar-refractivity contribution in [3.05, 3.63) is 18.1 Å². The first kappa shape index (κ1) is 19.4. The van der Waals surface area contributed by atoms with Gasteiger partial charge in [0.05, 0.1) is 12.3 Å². The summed E-state index contributed by atoms with van der Waals surface area (Å²) in [5, 5.41) is 0. The summed E-state index contributed by atoms with van der Waals surface area (Å²) >= 11 is 0. The molecule has 2 rings (SSSR count). The Balaban J connectivity index is 0.00000180. The largest absolute Gasteiger partial charge is 0.378 e. The second kappa shape index (κ2) is 8.62. The van der Waals surface area contributed by atoms with Crippen LogP contribution in [-0.2, 0) is 11.3 Å². The monoisotopic (exact) mass is 322 g/mol. The van der Waals surface area contributed by atoms with Crippen molar-refractivity contribution >= 4 is 30.6 Å². The fraction of sp³-hybridized carbons (Fsp3) is 0.692. The lowest BCUT2D eigenvalue weighted by Gasteiger charge is -2.19. The van der Waals surface area contributed by atoms with E-state index in [1.807, 2.05) is 6.07 Å². The normalized spacial score (nSPS) is 21.6. The number of hydrogen-bond acceptors (Lipinski definition) is 5. The third kappa shape index (κ3) is 4.45. The summed E-state index contributed by atoms with van der Waals surface area (Å²) in [4.78, 5) is 10.8. The molecular formula is C13H24Cl2N4O. The molecule has 0 bridgehead atoms. The lowest BCUT2D eigenvalue weighted by atomic mass is 9.92. The van der Waals surface area contributed by atoms with E-state index in [1.54, 1.807) is 13.4 Å². The van der Waals surface area contributed by atoms with Gasteiger partial charge in [-0.3, -0.25) is 0 Å². The van der Waals surface area contributed by atoms with E-state index in [2.05, 4.69) is 28.7 Å². The van der Waals surface area contributed by atoms with Crippen LogP contribution in [-0.4, -0.2) is 36.2 Å². The summed E-state index contributed by atoms with van der Waals surface area (Å²) in [7, 11) is 1.67. The molecule has 1 fully saturated rings. The third-order valence-electron chi connectivity index (χ3n) is 3.59. The van der Waals surface area contributed by atoms with E-state index in [1.165, 1.54) is 0 Å². The zero-order chi connectivity index (χ0) is 13.1. The van der Waals surface area contributed by atoms with Crippen molar-refractivity contribution in [3.8, 4) is 0 Å². The van der Waals surface area contributed by atoms with Crippen LogP contribution in [0.3, 0.4) is 0 Å². The standard InChI is InChI=1S/C13H22N4O.2ClH/c1-9(2)11-5-17(6-12(11)14)13-4-10(7-18-3)15-8-16-13;;/h4,8-9,11-12H,5-7,14H2,1-3H3;2*1H/t11-,12+;;/m1../s1. The predicted octanol–water partition coefficient (Wildman–Crippen LogP) is 1.89. The van der Waals surface area contributed by atoms with Gasteiger partial charge in [0.15, 0.2) is 0 Å². The maximum absolute atomic E-state index is 6.19. The quantitative estimate of drug-likeness (QED) is 0.917. The number of hydrogen-bond donors (Lipinski definition) is 1. The number of methoxy groups -OCH3 is 1. The molecule has 2 atom stereocenters. The Labute approximate surface area is 133 Å². The Morgan fingerprint density at radius 2 is 2.05 bits per heavy atom. The van der Waals surface area contributed by atoms with Crippen LogP contribution >= 0.6 is 24.8 Å². The molecule has 1 saturated heterocycles. The lowest BCUT2D eigenvalue weighted by molar-refractivity contribution is 0.181. The molecule has 5 nitrogen and oxygen atoms in total. The van der Waals surface area contributed by atoms with Gasteiger partial charge in [-0.25, -0.2) is 9.97 Å². The van der Waals surface area contributed by atoms with Crippen LogP contribution in [0.15, 0.2) is 12.4 Å². The molecule has 0 saturated carbocycles. The van der Waals surface area contributed by atoms with Gasteiger partial charge in [-0.2, -0.15) is 0 Å².